The third-order valence-electron chi connectivity index (χ3n) is 6.12. The summed E-state index contributed by atoms with van der Waals surface area (Å²) in [6, 6.07) is 10.9. The summed E-state index contributed by atoms with van der Waals surface area (Å²) >= 11 is 0. The van der Waals surface area contributed by atoms with Gasteiger partial charge in [-0.25, -0.2) is 0 Å². The van der Waals surface area contributed by atoms with Crippen molar-refractivity contribution in [3.05, 3.63) is 58.4 Å². The smallest absolute Gasteiger partial charge is 0.178 e. The largest absolute Gasteiger partial charge is 0.383 e. The number of hydrogen-bond acceptors (Lipinski definition) is 4. The zero-order valence-electron chi connectivity index (χ0n) is 18.6. The van der Waals surface area contributed by atoms with Gasteiger partial charge in [-0.1, -0.05) is 24.3 Å². The van der Waals surface area contributed by atoms with E-state index in [2.05, 4.69) is 59.4 Å². The molecule has 3 rings (SSSR count). The van der Waals surface area contributed by atoms with Crippen molar-refractivity contribution in [1.82, 2.24) is 14.4 Å². The minimum absolute atomic E-state index is 0.223. The van der Waals surface area contributed by atoms with Gasteiger partial charge < -0.3 is 9.30 Å². The third-order valence-corrected chi connectivity index (χ3v) is 6.12. The van der Waals surface area contributed by atoms with Gasteiger partial charge in [0.25, 0.3) is 0 Å². The van der Waals surface area contributed by atoms with Gasteiger partial charge in [0.2, 0.25) is 0 Å². The Morgan fingerprint density at radius 2 is 1.72 bits per heavy atom. The number of hydrogen-bond donors (Lipinski definition) is 0. The van der Waals surface area contributed by atoms with Gasteiger partial charge in [0.1, 0.15) is 0 Å². The highest BCUT2D eigenvalue weighted by atomic mass is 16.5. The summed E-state index contributed by atoms with van der Waals surface area (Å²) < 4.78 is 7.52. The van der Waals surface area contributed by atoms with Crippen molar-refractivity contribution >= 4 is 5.78 Å². The standard InChI is InChI=1S/C24H35N3O2/c1-18-8-6-7-9-22(18)15-25-10-12-26(13-11-25)16-24(28)23-14-19(2)27(21(23)4)20(3)17-29-5/h6-9,14,20H,10-13,15-17H2,1-5H3/t20-/m0/s1. The average molecular weight is 398 g/mol. The van der Waals surface area contributed by atoms with Gasteiger partial charge in [0.05, 0.1) is 19.2 Å². The minimum Gasteiger partial charge on any atom is -0.383 e. The van der Waals surface area contributed by atoms with Crippen molar-refractivity contribution in [3.8, 4) is 0 Å². The summed E-state index contributed by atoms with van der Waals surface area (Å²) in [6.07, 6.45) is 0. The van der Waals surface area contributed by atoms with Gasteiger partial charge >= 0.3 is 0 Å². The second-order valence-electron chi connectivity index (χ2n) is 8.36. The van der Waals surface area contributed by atoms with E-state index in [-0.39, 0.29) is 11.8 Å². The molecule has 1 aliphatic heterocycles. The highest BCUT2D eigenvalue weighted by Gasteiger charge is 2.23. The van der Waals surface area contributed by atoms with Crippen LogP contribution in [-0.2, 0) is 11.3 Å². The van der Waals surface area contributed by atoms with Crippen molar-refractivity contribution in [2.45, 2.75) is 40.3 Å². The van der Waals surface area contributed by atoms with Crippen LogP contribution in [0.2, 0.25) is 0 Å². The fraction of sp³-hybridized carbons (Fsp3) is 0.542. The molecule has 29 heavy (non-hydrogen) atoms. The van der Waals surface area contributed by atoms with E-state index in [0.717, 1.165) is 49.7 Å². The van der Waals surface area contributed by atoms with Crippen LogP contribution in [0, 0.1) is 20.8 Å². The maximum Gasteiger partial charge on any atom is 0.178 e. The van der Waals surface area contributed by atoms with Crippen LogP contribution in [-0.4, -0.2) is 66.6 Å². The number of piperazine rings is 1. The first kappa shape index (κ1) is 21.8. The van der Waals surface area contributed by atoms with E-state index < -0.39 is 0 Å². The van der Waals surface area contributed by atoms with Crippen LogP contribution in [0.15, 0.2) is 30.3 Å². The van der Waals surface area contributed by atoms with Crippen molar-refractivity contribution in [2.24, 2.45) is 0 Å². The predicted molar refractivity (Wildman–Crippen MR) is 118 cm³/mol. The van der Waals surface area contributed by atoms with E-state index in [0.29, 0.717) is 13.2 Å². The second-order valence-corrected chi connectivity index (χ2v) is 8.36. The number of carbonyl (C=O) groups excluding carboxylic acids is 1. The third kappa shape index (κ3) is 5.16. The molecular weight excluding hydrogens is 362 g/mol. The average Bonchev–Trinajstić information content (AvgIpc) is 2.99. The van der Waals surface area contributed by atoms with E-state index in [9.17, 15) is 4.79 Å². The molecule has 1 fully saturated rings. The van der Waals surface area contributed by atoms with Gasteiger partial charge in [-0.15, -0.1) is 0 Å². The molecule has 5 nitrogen and oxygen atoms in total. The van der Waals surface area contributed by atoms with Gasteiger partial charge in [0, 0.05) is 56.8 Å². The number of Topliss-reactive ketones (excluding diaryl/α,β-unsaturated/α-hetero) is 1. The number of aromatic nitrogens is 1. The van der Waals surface area contributed by atoms with E-state index >= 15 is 0 Å². The van der Waals surface area contributed by atoms with E-state index in [1.54, 1.807) is 7.11 Å². The highest BCUT2D eigenvalue weighted by Crippen LogP contribution is 2.22. The first-order valence-electron chi connectivity index (χ1n) is 10.6. The number of rotatable bonds is 8. The molecule has 1 atom stereocenters. The Bertz CT molecular complexity index is 835. The topological polar surface area (TPSA) is 37.7 Å². The summed E-state index contributed by atoms with van der Waals surface area (Å²) in [5, 5.41) is 0. The molecular formula is C24H35N3O2. The molecule has 0 N–H and O–H groups in total. The quantitative estimate of drug-likeness (QED) is 0.638. The molecule has 0 unspecified atom stereocenters. The second kappa shape index (κ2) is 9.70. The minimum atomic E-state index is 0.223. The lowest BCUT2D eigenvalue weighted by molar-refractivity contribution is 0.0842. The van der Waals surface area contributed by atoms with Crippen LogP contribution in [0.4, 0.5) is 0 Å². The fourth-order valence-electron chi connectivity index (χ4n) is 4.48. The first-order valence-corrected chi connectivity index (χ1v) is 10.6. The molecule has 0 amide bonds. The first-order chi connectivity index (χ1) is 13.9. The SMILES string of the molecule is COC[C@H](C)n1c(C)cc(C(=O)CN2CCN(Cc3ccccc3C)CC2)c1C. The van der Waals surface area contributed by atoms with Crippen molar-refractivity contribution in [3.63, 3.8) is 0 Å². The molecule has 0 radical (unpaired) electrons. The number of aryl methyl sites for hydroxylation is 2. The lowest BCUT2D eigenvalue weighted by Crippen LogP contribution is -2.47. The Morgan fingerprint density at radius 1 is 1.07 bits per heavy atom. The molecule has 2 heterocycles. The molecule has 1 aromatic carbocycles. The Hall–Kier alpha value is -1.95. The molecule has 1 saturated heterocycles. The Balaban J connectivity index is 1.56. The van der Waals surface area contributed by atoms with E-state index in [1.807, 2.05) is 13.0 Å². The number of methoxy groups -OCH3 is 1. The molecule has 0 aliphatic carbocycles. The van der Waals surface area contributed by atoms with E-state index in [1.165, 1.54) is 11.1 Å². The predicted octanol–water partition coefficient (Wildman–Crippen LogP) is 3.62. The normalized spacial score (nSPS) is 16.9. The molecule has 0 saturated carbocycles. The summed E-state index contributed by atoms with van der Waals surface area (Å²) in [4.78, 5) is 17.8. The molecule has 0 bridgehead atoms. The van der Waals surface area contributed by atoms with Crippen LogP contribution < -0.4 is 0 Å². The van der Waals surface area contributed by atoms with Gasteiger partial charge in [-0.05, 0) is 44.9 Å². The fourth-order valence-corrected chi connectivity index (χ4v) is 4.48. The summed E-state index contributed by atoms with van der Waals surface area (Å²) in [7, 11) is 1.72. The highest BCUT2D eigenvalue weighted by molar-refractivity contribution is 5.99. The molecule has 0 spiro atoms. The number of ether oxygens (including phenoxy) is 1. The lowest BCUT2D eigenvalue weighted by atomic mass is 10.1. The van der Waals surface area contributed by atoms with Crippen LogP contribution in [0.3, 0.4) is 0 Å². The molecule has 1 aliphatic rings. The number of ketones is 1. The van der Waals surface area contributed by atoms with Crippen molar-refractivity contribution < 1.29 is 9.53 Å². The Morgan fingerprint density at radius 3 is 2.38 bits per heavy atom. The van der Waals surface area contributed by atoms with Crippen LogP contribution in [0.25, 0.3) is 0 Å². The maximum absolute atomic E-state index is 13.0. The monoisotopic (exact) mass is 397 g/mol. The molecule has 158 valence electrons. The van der Waals surface area contributed by atoms with E-state index in [4.69, 9.17) is 4.74 Å². The maximum atomic E-state index is 13.0. The number of nitrogens with zero attached hydrogens (tertiary/aromatic N) is 3. The van der Waals surface area contributed by atoms with Gasteiger partial charge in [-0.3, -0.25) is 14.6 Å². The van der Waals surface area contributed by atoms with Crippen molar-refractivity contribution in [1.29, 1.82) is 0 Å². The number of benzene rings is 1. The summed E-state index contributed by atoms with van der Waals surface area (Å²) in [6.45, 7) is 14.5. The van der Waals surface area contributed by atoms with Crippen LogP contribution in [0.1, 0.15) is 45.8 Å². The molecule has 5 heteroatoms. The van der Waals surface area contributed by atoms with Gasteiger partial charge in [-0.2, -0.15) is 0 Å². The molecule has 2 aromatic rings. The molecule has 1 aromatic heterocycles. The Kier molecular flexibility index (Phi) is 7.28. The zero-order valence-corrected chi connectivity index (χ0v) is 18.6. The Labute approximate surface area is 175 Å². The summed E-state index contributed by atoms with van der Waals surface area (Å²) in [5.74, 6) is 0.223. The summed E-state index contributed by atoms with van der Waals surface area (Å²) in [5.41, 5.74) is 5.78. The van der Waals surface area contributed by atoms with Crippen LogP contribution in [0.5, 0.6) is 0 Å². The van der Waals surface area contributed by atoms with Gasteiger partial charge in [0.15, 0.2) is 5.78 Å². The zero-order chi connectivity index (χ0) is 21.0. The lowest BCUT2D eigenvalue weighted by Gasteiger charge is -2.34. The number of carbonyl (C=O) groups is 1. The van der Waals surface area contributed by atoms with Crippen molar-refractivity contribution in [2.75, 3.05) is 46.4 Å². The van der Waals surface area contributed by atoms with Crippen LogP contribution >= 0.6 is 0 Å².